The molecule has 3 rings (SSSR count). The monoisotopic (exact) mass is 369 g/mol. The first-order chi connectivity index (χ1) is 13.0. The van der Waals surface area contributed by atoms with Gasteiger partial charge in [-0.3, -0.25) is 10.1 Å². The van der Waals surface area contributed by atoms with Crippen molar-refractivity contribution in [3.8, 4) is 11.3 Å². The molecule has 7 nitrogen and oxygen atoms in total. The van der Waals surface area contributed by atoms with Crippen molar-refractivity contribution < 1.29 is 9.84 Å². The number of methoxy groups -OCH3 is 1. The molecular weight excluding hydrogens is 342 g/mol. The topological polar surface area (TPSA) is 84.0 Å². The molecular formula is C20H27N5O2. The van der Waals surface area contributed by atoms with Crippen molar-refractivity contribution in [1.29, 1.82) is 0 Å². The molecule has 2 aromatic rings. The lowest BCUT2D eigenvalue weighted by Gasteiger charge is -2.13. The number of benzene rings is 1. The first kappa shape index (κ1) is 19.3. The number of aliphatic hydroxyl groups excluding tert-OH is 1. The molecule has 0 saturated carbocycles. The van der Waals surface area contributed by atoms with Crippen LogP contribution in [0.5, 0.6) is 0 Å². The minimum Gasteiger partial charge on any atom is -0.389 e. The summed E-state index contributed by atoms with van der Waals surface area (Å²) in [6.07, 6.45) is 1.21. The van der Waals surface area contributed by atoms with Gasteiger partial charge in [0.1, 0.15) is 5.84 Å². The Labute approximate surface area is 159 Å². The number of aliphatic hydroxyl groups is 1. The van der Waals surface area contributed by atoms with Crippen molar-refractivity contribution in [2.75, 3.05) is 13.7 Å². The zero-order valence-electron chi connectivity index (χ0n) is 16.4. The summed E-state index contributed by atoms with van der Waals surface area (Å²) in [5.74, 6) is 0.880. The van der Waals surface area contributed by atoms with E-state index in [1.54, 1.807) is 7.11 Å². The lowest BCUT2D eigenvalue weighted by Crippen LogP contribution is -2.24. The lowest BCUT2D eigenvalue weighted by atomic mass is 10.1. The number of nitrogens with zero attached hydrogens (tertiary/aromatic N) is 4. The van der Waals surface area contributed by atoms with Crippen LogP contribution >= 0.6 is 0 Å². The molecule has 0 bridgehead atoms. The highest BCUT2D eigenvalue weighted by molar-refractivity contribution is 5.94. The number of ether oxygens (including phenoxy) is 1. The van der Waals surface area contributed by atoms with Gasteiger partial charge in [0.15, 0.2) is 0 Å². The van der Waals surface area contributed by atoms with Crippen LogP contribution in [0, 0.1) is 13.8 Å². The number of amidine groups is 1. The summed E-state index contributed by atoms with van der Waals surface area (Å²) in [6.45, 7) is 6.73. The van der Waals surface area contributed by atoms with E-state index in [9.17, 15) is 5.11 Å². The van der Waals surface area contributed by atoms with E-state index in [0.29, 0.717) is 6.54 Å². The Kier molecular flexibility index (Phi) is 6.03. The molecule has 7 heteroatoms. The number of hydrazone groups is 1. The molecule has 1 unspecified atom stereocenters. The summed E-state index contributed by atoms with van der Waals surface area (Å²) in [5, 5.41) is 18.9. The zero-order valence-corrected chi connectivity index (χ0v) is 16.4. The van der Waals surface area contributed by atoms with Gasteiger partial charge in [-0.1, -0.05) is 12.1 Å². The molecule has 144 valence electrons. The summed E-state index contributed by atoms with van der Waals surface area (Å²) in [4.78, 5) is 4.75. The fraction of sp³-hybridized carbons (Fsp3) is 0.450. The van der Waals surface area contributed by atoms with Gasteiger partial charge in [0.25, 0.3) is 0 Å². The third-order valence-corrected chi connectivity index (χ3v) is 4.58. The summed E-state index contributed by atoms with van der Waals surface area (Å²) >= 11 is 0. The molecule has 2 heterocycles. The third kappa shape index (κ3) is 4.81. The lowest BCUT2D eigenvalue weighted by molar-refractivity contribution is 0.0510. The standard InChI is InChI=1S/C20H27N5O2/c1-13-5-7-16(10-18(13)21-20-8-6-14(2)22-23-20)19-9-15(3)25(24-19)11-17(26)12-27-4/h5,7,9-10,17,26H,6,8,11-12H2,1-4H3,(H,21,23). The number of nitrogens with one attached hydrogen (secondary N) is 1. The van der Waals surface area contributed by atoms with Crippen molar-refractivity contribution in [2.45, 2.75) is 46.3 Å². The number of hydrogen-bond acceptors (Lipinski definition) is 5. The Hall–Kier alpha value is -2.51. The fourth-order valence-corrected chi connectivity index (χ4v) is 2.97. The molecule has 0 saturated heterocycles. The van der Waals surface area contributed by atoms with Crippen molar-refractivity contribution >= 4 is 17.2 Å². The van der Waals surface area contributed by atoms with Crippen molar-refractivity contribution in [1.82, 2.24) is 15.2 Å². The molecule has 0 aliphatic carbocycles. The van der Waals surface area contributed by atoms with Crippen molar-refractivity contribution in [3.05, 3.63) is 35.5 Å². The van der Waals surface area contributed by atoms with Gasteiger partial charge in [0, 0.05) is 30.5 Å². The maximum atomic E-state index is 9.97. The van der Waals surface area contributed by atoms with E-state index in [2.05, 4.69) is 21.7 Å². The number of aryl methyl sites for hydroxylation is 2. The van der Waals surface area contributed by atoms with E-state index in [-0.39, 0.29) is 6.61 Å². The normalized spacial score (nSPS) is 16.9. The van der Waals surface area contributed by atoms with Crippen molar-refractivity contribution in [3.63, 3.8) is 0 Å². The van der Waals surface area contributed by atoms with Crippen LogP contribution in [0.15, 0.2) is 34.4 Å². The predicted octanol–water partition coefficient (Wildman–Crippen LogP) is 2.96. The largest absolute Gasteiger partial charge is 0.389 e. The minimum atomic E-state index is -0.581. The van der Waals surface area contributed by atoms with E-state index < -0.39 is 6.10 Å². The minimum absolute atomic E-state index is 0.287. The number of aliphatic imine (C=N–C) groups is 1. The average Bonchev–Trinajstić information content (AvgIpc) is 2.99. The van der Waals surface area contributed by atoms with Gasteiger partial charge in [-0.15, -0.1) is 0 Å². The SMILES string of the molecule is COCC(O)Cn1nc(-c2ccc(C)c(N=C3CCC(C)=NN3)c2)cc1C. The maximum absolute atomic E-state index is 9.97. The van der Waals surface area contributed by atoms with Gasteiger partial charge >= 0.3 is 0 Å². The quantitative estimate of drug-likeness (QED) is 0.820. The molecule has 0 radical (unpaired) electrons. The highest BCUT2D eigenvalue weighted by Gasteiger charge is 2.13. The molecule has 0 spiro atoms. The van der Waals surface area contributed by atoms with Gasteiger partial charge in [-0.2, -0.15) is 10.2 Å². The van der Waals surface area contributed by atoms with Crippen LogP contribution in [0.2, 0.25) is 0 Å². The van der Waals surface area contributed by atoms with E-state index in [1.165, 1.54) is 0 Å². The Balaban J connectivity index is 1.85. The van der Waals surface area contributed by atoms with E-state index in [1.807, 2.05) is 43.7 Å². The van der Waals surface area contributed by atoms with Crippen LogP contribution in [0.4, 0.5) is 5.69 Å². The molecule has 0 fully saturated rings. The van der Waals surface area contributed by atoms with Crippen LogP contribution in [-0.2, 0) is 11.3 Å². The first-order valence-corrected chi connectivity index (χ1v) is 9.15. The van der Waals surface area contributed by atoms with E-state index in [4.69, 9.17) is 9.73 Å². The molecule has 1 aliphatic heterocycles. The zero-order chi connectivity index (χ0) is 19.4. The second kappa shape index (κ2) is 8.45. The maximum Gasteiger partial charge on any atom is 0.123 e. The Morgan fingerprint density at radius 1 is 1.26 bits per heavy atom. The molecule has 1 aromatic carbocycles. The average molecular weight is 369 g/mol. The predicted molar refractivity (Wildman–Crippen MR) is 108 cm³/mol. The number of hydrogen-bond donors (Lipinski definition) is 2. The summed E-state index contributed by atoms with van der Waals surface area (Å²) < 4.78 is 6.80. The third-order valence-electron chi connectivity index (χ3n) is 4.58. The Morgan fingerprint density at radius 3 is 2.78 bits per heavy atom. The molecule has 27 heavy (non-hydrogen) atoms. The highest BCUT2D eigenvalue weighted by atomic mass is 16.5. The Morgan fingerprint density at radius 2 is 2.07 bits per heavy atom. The van der Waals surface area contributed by atoms with Gasteiger partial charge in [0.2, 0.25) is 0 Å². The summed E-state index contributed by atoms with van der Waals surface area (Å²) in [7, 11) is 1.58. The second-order valence-corrected chi connectivity index (χ2v) is 6.98. The molecule has 1 aliphatic rings. The van der Waals surface area contributed by atoms with Gasteiger partial charge in [0.05, 0.1) is 30.6 Å². The van der Waals surface area contributed by atoms with Gasteiger partial charge in [-0.05, 0) is 44.9 Å². The number of rotatable bonds is 6. The van der Waals surface area contributed by atoms with Gasteiger partial charge in [-0.25, -0.2) is 4.99 Å². The fourth-order valence-electron chi connectivity index (χ4n) is 2.97. The Bertz CT molecular complexity index is 869. The molecule has 2 N–H and O–H groups in total. The first-order valence-electron chi connectivity index (χ1n) is 9.15. The summed E-state index contributed by atoms with van der Waals surface area (Å²) in [6, 6.07) is 8.17. The van der Waals surface area contributed by atoms with Crippen molar-refractivity contribution in [2.24, 2.45) is 10.1 Å². The van der Waals surface area contributed by atoms with Crippen LogP contribution in [0.1, 0.15) is 31.0 Å². The summed E-state index contributed by atoms with van der Waals surface area (Å²) in [5.41, 5.74) is 9.00. The second-order valence-electron chi connectivity index (χ2n) is 6.98. The molecule has 1 atom stereocenters. The van der Waals surface area contributed by atoms with Crippen LogP contribution in [0.3, 0.4) is 0 Å². The van der Waals surface area contributed by atoms with Crippen LogP contribution < -0.4 is 5.43 Å². The van der Waals surface area contributed by atoms with Crippen LogP contribution in [0.25, 0.3) is 11.3 Å². The molecule has 0 amide bonds. The van der Waals surface area contributed by atoms with Crippen LogP contribution in [-0.4, -0.2) is 46.3 Å². The molecule has 1 aromatic heterocycles. The van der Waals surface area contributed by atoms with E-state index in [0.717, 1.165) is 52.6 Å². The number of aromatic nitrogens is 2. The van der Waals surface area contributed by atoms with Gasteiger partial charge < -0.3 is 9.84 Å². The van der Waals surface area contributed by atoms with E-state index >= 15 is 0 Å². The highest BCUT2D eigenvalue weighted by Crippen LogP contribution is 2.27. The smallest absolute Gasteiger partial charge is 0.123 e.